The summed E-state index contributed by atoms with van der Waals surface area (Å²) in [5, 5.41) is 4.44. The van der Waals surface area contributed by atoms with Crippen molar-refractivity contribution < 1.29 is 41.7 Å². The van der Waals surface area contributed by atoms with Crippen molar-refractivity contribution in [1.29, 1.82) is 0 Å². The van der Waals surface area contributed by atoms with Gasteiger partial charge in [-0.05, 0) is 44.2 Å². The summed E-state index contributed by atoms with van der Waals surface area (Å²) >= 11 is 5.65. The average molecular weight is 610 g/mol. The number of carbonyl (C=O) groups excluding carboxylic acids is 2. The van der Waals surface area contributed by atoms with E-state index in [0.717, 1.165) is 12.1 Å². The zero-order chi connectivity index (χ0) is 30.3. The number of rotatable bonds is 8. The molecule has 224 valence electrons. The van der Waals surface area contributed by atoms with Gasteiger partial charge in [-0.15, -0.1) is 0 Å². The first kappa shape index (κ1) is 30.7. The predicted molar refractivity (Wildman–Crippen MR) is 148 cm³/mol. The van der Waals surface area contributed by atoms with Crippen molar-refractivity contribution >= 4 is 41.0 Å². The Labute approximate surface area is 243 Å². The largest absolute Gasteiger partial charge is 0.515 e. The number of aromatic nitrogens is 2. The molecular weight excluding hydrogens is 583 g/mol. The van der Waals surface area contributed by atoms with Crippen LogP contribution in [0, 0.1) is 0 Å². The highest BCUT2D eigenvalue weighted by Crippen LogP contribution is 2.39. The van der Waals surface area contributed by atoms with Crippen molar-refractivity contribution in [2.75, 3.05) is 55.1 Å². The van der Waals surface area contributed by atoms with Gasteiger partial charge >= 0.3 is 18.4 Å². The van der Waals surface area contributed by atoms with Crippen LogP contribution in [0.2, 0.25) is 5.02 Å². The fourth-order valence-corrected chi connectivity index (χ4v) is 4.18. The van der Waals surface area contributed by atoms with E-state index < -0.39 is 28.9 Å². The predicted octanol–water partition coefficient (Wildman–Crippen LogP) is 6.23. The Kier molecular flexibility index (Phi) is 9.91. The molecule has 1 aliphatic heterocycles. The maximum absolute atomic E-state index is 13.2. The number of nitrogens with one attached hydrogen (secondary N) is 2. The summed E-state index contributed by atoms with van der Waals surface area (Å²) in [6, 6.07) is 8.65. The molecule has 0 radical (unpaired) electrons. The Balaban J connectivity index is 1.63. The van der Waals surface area contributed by atoms with Gasteiger partial charge in [-0.2, -0.15) is 18.2 Å². The molecule has 2 heterocycles. The second-order valence-corrected chi connectivity index (χ2v) is 9.08. The van der Waals surface area contributed by atoms with E-state index in [1.807, 2.05) is 4.90 Å². The monoisotopic (exact) mass is 609 g/mol. The van der Waals surface area contributed by atoms with E-state index >= 15 is 0 Å². The van der Waals surface area contributed by atoms with Crippen LogP contribution in [0.1, 0.15) is 19.4 Å². The number of urea groups is 1. The highest BCUT2D eigenvalue weighted by atomic mass is 35.5. The summed E-state index contributed by atoms with van der Waals surface area (Å²) in [6.45, 7) is 5.62. The Morgan fingerprint density at radius 1 is 1.02 bits per heavy atom. The number of amides is 2. The Hall–Kier alpha value is -4.30. The van der Waals surface area contributed by atoms with E-state index in [2.05, 4.69) is 20.6 Å². The number of morpholine rings is 1. The van der Waals surface area contributed by atoms with E-state index in [4.69, 9.17) is 30.5 Å². The van der Waals surface area contributed by atoms with Crippen LogP contribution in [-0.4, -0.2) is 61.7 Å². The van der Waals surface area contributed by atoms with Crippen molar-refractivity contribution in [2.24, 2.45) is 0 Å². The molecule has 11 nitrogen and oxygen atoms in total. The molecule has 0 saturated carbocycles. The molecule has 1 aliphatic rings. The molecule has 0 spiro atoms. The van der Waals surface area contributed by atoms with E-state index in [1.54, 1.807) is 38.1 Å². The number of nitrogens with zero attached hydrogens (tertiary/aromatic N) is 3. The minimum Gasteiger partial charge on any atom is -0.486 e. The van der Waals surface area contributed by atoms with Gasteiger partial charge in [0.15, 0.2) is 11.6 Å². The average Bonchev–Trinajstić information content (AvgIpc) is 2.95. The molecule has 15 heteroatoms. The summed E-state index contributed by atoms with van der Waals surface area (Å²) < 4.78 is 61.1. The molecule has 2 N–H and O–H groups in total. The molecule has 0 atom stereocenters. The molecule has 1 aromatic heterocycles. The van der Waals surface area contributed by atoms with Gasteiger partial charge < -0.3 is 34.5 Å². The van der Waals surface area contributed by atoms with Gasteiger partial charge in [0, 0.05) is 30.0 Å². The number of carbonyl (C=O) groups is 2. The third kappa shape index (κ3) is 7.70. The van der Waals surface area contributed by atoms with E-state index in [1.165, 1.54) is 6.07 Å². The lowest BCUT2D eigenvalue weighted by atomic mass is 10.2. The van der Waals surface area contributed by atoms with Crippen molar-refractivity contribution in [3.63, 3.8) is 0 Å². The Morgan fingerprint density at radius 3 is 2.40 bits per heavy atom. The van der Waals surface area contributed by atoms with Crippen LogP contribution in [0.4, 0.5) is 40.0 Å². The molecular formula is C27H27ClF3N5O6. The summed E-state index contributed by atoms with van der Waals surface area (Å²) in [4.78, 5) is 35.8. The smallest absolute Gasteiger partial charge is 0.486 e. The number of ether oxygens (including phenoxy) is 4. The second-order valence-electron chi connectivity index (χ2n) is 8.67. The van der Waals surface area contributed by atoms with E-state index in [9.17, 15) is 22.8 Å². The summed E-state index contributed by atoms with van der Waals surface area (Å²) in [6.07, 6.45) is -5.66. The normalized spacial score (nSPS) is 13.3. The Bertz CT molecular complexity index is 1440. The minimum atomic E-state index is -4.69. The van der Waals surface area contributed by atoms with Gasteiger partial charge in [-0.1, -0.05) is 23.7 Å². The van der Waals surface area contributed by atoms with Crippen molar-refractivity contribution in [2.45, 2.75) is 20.0 Å². The molecule has 4 rings (SSSR count). The summed E-state index contributed by atoms with van der Waals surface area (Å²) in [5.41, 5.74) is -0.460. The molecule has 3 aromatic rings. The van der Waals surface area contributed by atoms with Crippen molar-refractivity contribution in [3.05, 3.63) is 53.1 Å². The maximum Gasteiger partial charge on any atom is 0.515 e. The minimum absolute atomic E-state index is 0.0837. The fourth-order valence-electron chi connectivity index (χ4n) is 3.95. The number of hydrogen-bond donors (Lipinski definition) is 2. The molecule has 2 amide bonds. The third-order valence-corrected chi connectivity index (χ3v) is 6.10. The van der Waals surface area contributed by atoms with Gasteiger partial charge in [0.05, 0.1) is 37.0 Å². The molecule has 42 heavy (non-hydrogen) atoms. The number of alkyl halides is 3. The molecule has 0 bridgehead atoms. The zero-order valence-electron chi connectivity index (χ0n) is 22.6. The first-order valence-corrected chi connectivity index (χ1v) is 13.2. The van der Waals surface area contributed by atoms with E-state index in [0.29, 0.717) is 37.7 Å². The van der Waals surface area contributed by atoms with Gasteiger partial charge in [0.2, 0.25) is 5.75 Å². The number of hydrogen-bond acceptors (Lipinski definition) is 9. The Morgan fingerprint density at radius 2 is 1.74 bits per heavy atom. The number of halogens is 4. The van der Waals surface area contributed by atoms with Crippen molar-refractivity contribution in [1.82, 2.24) is 9.97 Å². The SMILES string of the molecule is CCOC(=O)Oc1nc(-c2cccc(NC(=O)Nc3ccc(Cl)c(C(F)(F)F)c3)c2)nc(N2CCOCC2)c1OCC. The van der Waals surface area contributed by atoms with Crippen molar-refractivity contribution in [3.8, 4) is 23.0 Å². The highest BCUT2D eigenvalue weighted by molar-refractivity contribution is 6.31. The quantitative estimate of drug-likeness (QED) is 0.286. The third-order valence-electron chi connectivity index (χ3n) is 5.77. The van der Waals surface area contributed by atoms with Crippen LogP contribution in [0.25, 0.3) is 11.4 Å². The first-order chi connectivity index (χ1) is 20.1. The van der Waals surface area contributed by atoms with Gasteiger partial charge in [0.1, 0.15) is 0 Å². The lowest BCUT2D eigenvalue weighted by Gasteiger charge is -2.29. The standard InChI is InChI=1S/C27H27ClF3N5O6/c1-3-40-21-23(36-10-12-39-13-11-36)34-22(35-24(21)42-26(38)41-4-2)16-6-5-7-17(14-16)32-25(37)33-18-8-9-20(28)19(15-18)27(29,30)31/h5-9,14-15H,3-4,10-13H2,1-2H3,(H2,32,33,37). The molecule has 2 aromatic carbocycles. The van der Waals surface area contributed by atoms with Crippen LogP contribution in [0.5, 0.6) is 11.6 Å². The first-order valence-electron chi connectivity index (χ1n) is 12.9. The molecule has 1 fully saturated rings. The van der Waals surface area contributed by atoms with Gasteiger partial charge in [-0.3, -0.25) is 0 Å². The van der Waals surface area contributed by atoms with Crippen LogP contribution in [-0.2, 0) is 15.7 Å². The van der Waals surface area contributed by atoms with Crippen LogP contribution >= 0.6 is 11.6 Å². The molecule has 1 saturated heterocycles. The topological polar surface area (TPSA) is 124 Å². The second kappa shape index (κ2) is 13.6. The number of anilines is 3. The van der Waals surface area contributed by atoms with Crippen LogP contribution in [0.3, 0.4) is 0 Å². The van der Waals surface area contributed by atoms with Gasteiger partial charge in [-0.25, -0.2) is 14.6 Å². The maximum atomic E-state index is 13.2. The van der Waals surface area contributed by atoms with Crippen LogP contribution < -0.4 is 25.0 Å². The summed E-state index contributed by atoms with van der Waals surface area (Å²) in [5.74, 6) is 0.534. The highest BCUT2D eigenvalue weighted by Gasteiger charge is 2.33. The van der Waals surface area contributed by atoms with Crippen LogP contribution in [0.15, 0.2) is 42.5 Å². The lowest BCUT2D eigenvalue weighted by molar-refractivity contribution is -0.137. The van der Waals surface area contributed by atoms with E-state index in [-0.39, 0.29) is 42.0 Å². The number of benzene rings is 2. The zero-order valence-corrected chi connectivity index (χ0v) is 23.3. The molecule has 0 unspecified atom stereocenters. The molecule has 0 aliphatic carbocycles. The lowest BCUT2D eigenvalue weighted by Crippen LogP contribution is -2.37. The van der Waals surface area contributed by atoms with Gasteiger partial charge in [0.25, 0.3) is 5.88 Å². The fraction of sp³-hybridized carbons (Fsp3) is 0.333. The summed E-state index contributed by atoms with van der Waals surface area (Å²) in [7, 11) is 0.